The summed E-state index contributed by atoms with van der Waals surface area (Å²) >= 11 is 0. The summed E-state index contributed by atoms with van der Waals surface area (Å²) in [6.45, 7) is 1.09. The first-order chi connectivity index (χ1) is 9.72. The van der Waals surface area contributed by atoms with Gasteiger partial charge >= 0.3 is 0 Å². The van der Waals surface area contributed by atoms with Crippen LogP contribution in [0.4, 0.5) is 10.2 Å². The van der Waals surface area contributed by atoms with E-state index in [1.165, 1.54) is 0 Å². The Morgan fingerprint density at radius 1 is 1.36 bits per heavy atom. The van der Waals surface area contributed by atoms with Crippen LogP contribution in [0.3, 0.4) is 0 Å². The third-order valence-electron chi connectivity index (χ3n) is 3.41. The minimum Gasteiger partial charge on any atom is -0.367 e. The Hall–Kier alpha value is -1.44. The third kappa shape index (κ3) is 4.28. The first kappa shape index (κ1) is 18.6. The summed E-state index contributed by atoms with van der Waals surface area (Å²) in [5, 5.41) is 14.6. The van der Waals surface area contributed by atoms with E-state index in [-0.39, 0.29) is 30.9 Å². The number of imidazole rings is 1. The van der Waals surface area contributed by atoms with Crippen molar-refractivity contribution in [3.63, 3.8) is 0 Å². The van der Waals surface area contributed by atoms with E-state index in [2.05, 4.69) is 25.8 Å². The molecule has 2 aromatic heterocycles. The van der Waals surface area contributed by atoms with Gasteiger partial charge in [-0.1, -0.05) is 0 Å². The van der Waals surface area contributed by atoms with E-state index in [0.717, 1.165) is 11.5 Å². The summed E-state index contributed by atoms with van der Waals surface area (Å²) in [5.74, 6) is 1.47. The zero-order valence-corrected chi connectivity index (χ0v) is 13.7. The van der Waals surface area contributed by atoms with Crippen LogP contribution in [0.5, 0.6) is 0 Å². The third-order valence-corrected chi connectivity index (χ3v) is 3.41. The monoisotopic (exact) mass is 348 g/mol. The van der Waals surface area contributed by atoms with E-state index in [1.54, 1.807) is 6.20 Å². The second-order valence-electron chi connectivity index (χ2n) is 4.98. The number of hydrogen-bond acceptors (Lipinski definition) is 5. The first-order valence-corrected chi connectivity index (χ1v) is 6.65. The molecule has 1 saturated heterocycles. The van der Waals surface area contributed by atoms with Crippen LogP contribution >= 0.6 is 24.8 Å². The van der Waals surface area contributed by atoms with Crippen molar-refractivity contribution in [2.75, 3.05) is 18.4 Å². The molecule has 9 heteroatoms. The number of alkyl halides is 1. The number of rotatable bonds is 4. The smallest absolute Gasteiger partial charge is 0.160 e. The Labute approximate surface area is 140 Å². The number of aromatic nitrogens is 4. The topological polar surface area (TPSA) is 67.7 Å². The van der Waals surface area contributed by atoms with Gasteiger partial charge in [0.05, 0.1) is 0 Å². The number of anilines is 1. The molecule has 3 heterocycles. The Morgan fingerprint density at radius 3 is 2.73 bits per heavy atom. The molecular weight excluding hydrogens is 330 g/mol. The molecule has 0 amide bonds. The summed E-state index contributed by atoms with van der Waals surface area (Å²) in [7, 11) is 1.91. The molecule has 6 nitrogen and oxygen atoms in total. The van der Waals surface area contributed by atoms with E-state index in [1.807, 2.05) is 29.9 Å². The van der Waals surface area contributed by atoms with E-state index in [0.29, 0.717) is 25.3 Å². The average molecular weight is 349 g/mol. The van der Waals surface area contributed by atoms with Crippen molar-refractivity contribution in [3.8, 4) is 11.5 Å². The fourth-order valence-corrected chi connectivity index (χ4v) is 2.31. The van der Waals surface area contributed by atoms with Gasteiger partial charge < -0.3 is 15.2 Å². The maximum Gasteiger partial charge on any atom is 0.160 e. The molecule has 3 rings (SSSR count). The molecule has 2 N–H and O–H groups in total. The number of halogens is 3. The fourth-order valence-electron chi connectivity index (χ4n) is 2.31. The van der Waals surface area contributed by atoms with E-state index in [4.69, 9.17) is 0 Å². The molecule has 2 aromatic rings. The highest BCUT2D eigenvalue weighted by atomic mass is 35.5. The second-order valence-corrected chi connectivity index (χ2v) is 4.98. The number of aryl methyl sites for hydroxylation is 1. The summed E-state index contributed by atoms with van der Waals surface area (Å²) in [6.07, 6.45) is 3.40. The van der Waals surface area contributed by atoms with E-state index < -0.39 is 6.17 Å². The van der Waals surface area contributed by atoms with Gasteiger partial charge in [0.25, 0.3) is 0 Å². The van der Waals surface area contributed by atoms with Gasteiger partial charge in [-0.25, -0.2) is 9.37 Å². The molecule has 0 unspecified atom stereocenters. The molecule has 2 atom stereocenters. The lowest BCUT2D eigenvalue weighted by Gasteiger charge is -2.11. The summed E-state index contributed by atoms with van der Waals surface area (Å²) in [4.78, 5) is 4.22. The molecule has 0 aliphatic carbocycles. The minimum atomic E-state index is -0.737. The van der Waals surface area contributed by atoms with Gasteiger partial charge in [0.2, 0.25) is 0 Å². The number of nitrogens with one attached hydrogen (secondary N) is 2. The summed E-state index contributed by atoms with van der Waals surface area (Å²) < 4.78 is 14.9. The second kappa shape index (κ2) is 8.26. The summed E-state index contributed by atoms with van der Waals surface area (Å²) in [6, 6.07) is 3.89. The van der Waals surface area contributed by atoms with Crippen molar-refractivity contribution < 1.29 is 4.39 Å². The maximum absolute atomic E-state index is 13.0. The largest absolute Gasteiger partial charge is 0.367 e. The lowest BCUT2D eigenvalue weighted by molar-refractivity contribution is 0.356. The maximum atomic E-state index is 13.0. The van der Waals surface area contributed by atoms with Crippen LogP contribution in [-0.2, 0) is 7.05 Å². The first-order valence-electron chi connectivity index (χ1n) is 6.65. The Balaban J connectivity index is 0.00000121. The van der Waals surface area contributed by atoms with E-state index in [9.17, 15) is 4.39 Å². The van der Waals surface area contributed by atoms with Crippen LogP contribution in [0.2, 0.25) is 0 Å². The standard InChI is InChI=1S/C13H17FN6.2ClH/c1-20-5-4-15-13(20)11-2-3-12(19-18-11)17-8-10-6-9(14)7-16-10;;/h2-5,9-10,16H,6-8H2,1H3,(H,17,19);2*1H/t9-,10-;;/m0../s1. The van der Waals surface area contributed by atoms with Gasteiger partial charge in [0.15, 0.2) is 5.82 Å². The van der Waals surface area contributed by atoms with Crippen molar-refractivity contribution >= 4 is 30.6 Å². The molecular formula is C13H19Cl2FN6. The SMILES string of the molecule is Cl.Cl.Cn1ccnc1-c1ccc(NC[C@@H]2C[C@H](F)CN2)nn1. The molecule has 0 bridgehead atoms. The van der Waals surface area contributed by atoms with Crippen molar-refractivity contribution in [3.05, 3.63) is 24.5 Å². The van der Waals surface area contributed by atoms with E-state index >= 15 is 0 Å². The van der Waals surface area contributed by atoms with Crippen molar-refractivity contribution in [2.45, 2.75) is 18.6 Å². The summed E-state index contributed by atoms with van der Waals surface area (Å²) in [5.41, 5.74) is 0.728. The van der Waals surface area contributed by atoms with Gasteiger partial charge in [0, 0.05) is 38.6 Å². The van der Waals surface area contributed by atoms with Crippen LogP contribution in [0.1, 0.15) is 6.42 Å². The van der Waals surface area contributed by atoms with Crippen LogP contribution in [0.25, 0.3) is 11.5 Å². The fraction of sp³-hybridized carbons (Fsp3) is 0.462. The molecule has 0 aromatic carbocycles. The quantitative estimate of drug-likeness (QED) is 0.882. The molecule has 0 spiro atoms. The number of nitrogens with zero attached hydrogens (tertiary/aromatic N) is 4. The predicted molar refractivity (Wildman–Crippen MR) is 88.5 cm³/mol. The van der Waals surface area contributed by atoms with Crippen LogP contribution in [0.15, 0.2) is 24.5 Å². The van der Waals surface area contributed by atoms with Gasteiger partial charge in [-0.3, -0.25) is 0 Å². The zero-order chi connectivity index (χ0) is 13.9. The van der Waals surface area contributed by atoms with Crippen LogP contribution in [-0.4, -0.2) is 45.1 Å². The highest BCUT2D eigenvalue weighted by Crippen LogP contribution is 2.15. The zero-order valence-electron chi connectivity index (χ0n) is 12.1. The van der Waals surface area contributed by atoms with Crippen LogP contribution < -0.4 is 10.6 Å². The molecule has 0 saturated carbocycles. The van der Waals surface area contributed by atoms with Gasteiger partial charge in [-0.15, -0.1) is 35.0 Å². The van der Waals surface area contributed by atoms with Crippen LogP contribution in [0, 0.1) is 0 Å². The highest BCUT2D eigenvalue weighted by Gasteiger charge is 2.23. The number of hydrogen-bond donors (Lipinski definition) is 2. The van der Waals surface area contributed by atoms with Crippen molar-refractivity contribution in [1.82, 2.24) is 25.1 Å². The van der Waals surface area contributed by atoms with Gasteiger partial charge in [-0.05, 0) is 18.6 Å². The Morgan fingerprint density at radius 2 is 2.18 bits per heavy atom. The molecule has 1 aliphatic heterocycles. The lowest BCUT2D eigenvalue weighted by atomic mass is 10.2. The highest BCUT2D eigenvalue weighted by molar-refractivity contribution is 5.85. The average Bonchev–Trinajstić information content (AvgIpc) is 3.06. The molecule has 122 valence electrons. The molecule has 1 fully saturated rings. The molecule has 22 heavy (non-hydrogen) atoms. The Bertz CT molecular complexity index is 576. The lowest BCUT2D eigenvalue weighted by Crippen LogP contribution is -2.29. The predicted octanol–water partition coefficient (Wildman–Crippen LogP) is 1.83. The Kier molecular flexibility index (Phi) is 6.99. The van der Waals surface area contributed by atoms with Gasteiger partial charge in [-0.2, -0.15) is 0 Å². The van der Waals surface area contributed by atoms with Gasteiger partial charge in [0.1, 0.15) is 17.7 Å². The molecule has 1 aliphatic rings. The molecule has 0 radical (unpaired) electrons. The van der Waals surface area contributed by atoms with Crippen molar-refractivity contribution in [2.24, 2.45) is 7.05 Å². The van der Waals surface area contributed by atoms with Crippen molar-refractivity contribution in [1.29, 1.82) is 0 Å². The minimum absolute atomic E-state index is 0. The normalized spacial score (nSPS) is 20.1.